The van der Waals surface area contributed by atoms with E-state index in [1.165, 1.54) is 0 Å². The second-order valence-electron chi connectivity index (χ2n) is 2.07. The van der Waals surface area contributed by atoms with Crippen molar-refractivity contribution in [3.63, 3.8) is 0 Å². The fourth-order valence-electron chi connectivity index (χ4n) is 0.756. The first-order valence-electron chi connectivity index (χ1n) is 3.06. The lowest BCUT2D eigenvalue weighted by Crippen LogP contribution is -2.35. The molecule has 0 radical (unpaired) electrons. The average Bonchev–Trinajstić information content (AvgIpc) is 2.20. The highest BCUT2D eigenvalue weighted by atomic mass is 16.7. The number of hydroxylamine groups is 2. The molecule has 0 aliphatic carbocycles. The first-order valence-corrected chi connectivity index (χ1v) is 3.06. The number of rotatable bonds is 2. The summed E-state index contributed by atoms with van der Waals surface area (Å²) in [6.45, 7) is 0.323. The van der Waals surface area contributed by atoms with Crippen molar-refractivity contribution in [2.75, 3.05) is 19.8 Å². The molecule has 5 heteroatoms. The Hall–Kier alpha value is -0.650. The van der Waals surface area contributed by atoms with Crippen molar-refractivity contribution in [1.82, 2.24) is 5.06 Å². The van der Waals surface area contributed by atoms with Crippen LogP contribution in [0.5, 0.6) is 0 Å². The van der Waals surface area contributed by atoms with Gasteiger partial charge in [0, 0.05) is 0 Å². The van der Waals surface area contributed by atoms with Gasteiger partial charge in [-0.1, -0.05) is 0 Å². The van der Waals surface area contributed by atoms with Gasteiger partial charge in [-0.05, 0) is 0 Å². The molecule has 1 rings (SSSR count). The smallest absolute Gasteiger partial charge is 0.265 e. The molecule has 0 bridgehead atoms. The molecule has 1 amide bonds. The third-order valence-corrected chi connectivity index (χ3v) is 1.28. The summed E-state index contributed by atoms with van der Waals surface area (Å²) in [4.78, 5) is 15.7. The minimum atomic E-state index is -0.549. The Labute approximate surface area is 58.3 Å². The lowest BCUT2D eigenvalue weighted by atomic mass is 10.3. The highest BCUT2D eigenvalue weighted by molar-refractivity contribution is 5.82. The number of aliphatic hydroxyl groups excluding tert-OH is 1. The Morgan fingerprint density at radius 3 is 3.00 bits per heavy atom. The topological polar surface area (TPSA) is 75.8 Å². The van der Waals surface area contributed by atoms with Gasteiger partial charge in [-0.2, -0.15) is 0 Å². The van der Waals surface area contributed by atoms with Gasteiger partial charge in [0.05, 0.1) is 19.8 Å². The lowest BCUT2D eigenvalue weighted by Gasteiger charge is -2.10. The number of β-amino-alcohol motifs (C(OH)–C–C–N with tert-alkyl or cyclic N) is 1. The van der Waals surface area contributed by atoms with Crippen LogP contribution in [0.15, 0.2) is 0 Å². The molecule has 58 valence electrons. The van der Waals surface area contributed by atoms with E-state index in [0.717, 1.165) is 5.06 Å². The second kappa shape index (κ2) is 2.96. The van der Waals surface area contributed by atoms with Gasteiger partial charge in [0.1, 0.15) is 6.04 Å². The van der Waals surface area contributed by atoms with Crippen LogP contribution in [-0.2, 0) is 9.63 Å². The summed E-state index contributed by atoms with van der Waals surface area (Å²) in [6, 6.07) is -0.549. The first kappa shape index (κ1) is 7.46. The Balaban J connectivity index is 2.41. The molecule has 1 atom stereocenters. The summed E-state index contributed by atoms with van der Waals surface area (Å²) in [7, 11) is 0. The van der Waals surface area contributed by atoms with Crippen molar-refractivity contribution in [2.24, 2.45) is 5.73 Å². The number of nitrogens with zero attached hydrogens (tertiary/aromatic N) is 1. The number of carbonyl (C=O) groups is 1. The summed E-state index contributed by atoms with van der Waals surface area (Å²) in [5.41, 5.74) is 5.30. The van der Waals surface area contributed by atoms with E-state index in [-0.39, 0.29) is 25.7 Å². The number of hydrogen-bond acceptors (Lipinski definition) is 4. The maximum Gasteiger partial charge on any atom is 0.265 e. The molecule has 0 aromatic carbocycles. The minimum Gasteiger partial charge on any atom is -0.394 e. The predicted octanol–water partition coefficient (Wildman–Crippen LogP) is -1.92. The third-order valence-electron chi connectivity index (χ3n) is 1.28. The zero-order valence-corrected chi connectivity index (χ0v) is 5.49. The minimum absolute atomic E-state index is 0.0988. The van der Waals surface area contributed by atoms with E-state index < -0.39 is 6.04 Å². The van der Waals surface area contributed by atoms with Crippen LogP contribution in [0, 0.1) is 0 Å². The van der Waals surface area contributed by atoms with Gasteiger partial charge >= 0.3 is 0 Å². The van der Waals surface area contributed by atoms with Crippen LogP contribution >= 0.6 is 0 Å². The maximum atomic E-state index is 10.9. The van der Waals surface area contributed by atoms with E-state index in [4.69, 9.17) is 15.7 Å². The third kappa shape index (κ3) is 1.26. The molecular formula is C5H10N2O3. The lowest BCUT2D eigenvalue weighted by molar-refractivity contribution is -0.163. The molecule has 3 N–H and O–H groups in total. The SMILES string of the molecule is N[C@@H]1CON(CCO)C1=O. The van der Waals surface area contributed by atoms with E-state index in [1.54, 1.807) is 0 Å². The Morgan fingerprint density at radius 2 is 2.60 bits per heavy atom. The van der Waals surface area contributed by atoms with E-state index >= 15 is 0 Å². The largest absolute Gasteiger partial charge is 0.394 e. The van der Waals surface area contributed by atoms with Crippen LogP contribution in [0.4, 0.5) is 0 Å². The fraction of sp³-hybridized carbons (Fsp3) is 0.800. The Morgan fingerprint density at radius 1 is 1.90 bits per heavy atom. The normalized spacial score (nSPS) is 26.0. The average molecular weight is 146 g/mol. The summed E-state index contributed by atoms with van der Waals surface area (Å²) in [5, 5.41) is 9.50. The van der Waals surface area contributed by atoms with Crippen LogP contribution in [0.25, 0.3) is 0 Å². The summed E-state index contributed by atoms with van der Waals surface area (Å²) >= 11 is 0. The number of nitrogens with two attached hydrogens (primary N) is 1. The van der Waals surface area contributed by atoms with Gasteiger partial charge in [0.15, 0.2) is 0 Å². The molecule has 0 aromatic rings. The number of carbonyl (C=O) groups excluding carboxylic acids is 1. The molecule has 1 saturated heterocycles. The Bertz CT molecular complexity index is 137. The molecule has 1 heterocycles. The van der Waals surface area contributed by atoms with Crippen molar-refractivity contribution >= 4 is 5.91 Å². The molecule has 0 saturated carbocycles. The fourth-order valence-corrected chi connectivity index (χ4v) is 0.756. The summed E-state index contributed by atoms with van der Waals surface area (Å²) in [6.07, 6.45) is 0. The molecule has 10 heavy (non-hydrogen) atoms. The molecule has 1 fully saturated rings. The van der Waals surface area contributed by atoms with E-state index in [2.05, 4.69) is 0 Å². The standard InChI is InChI=1S/C5H10N2O3/c6-4-3-10-7(1-2-8)5(4)9/h4,8H,1-3,6H2/t4-/m1/s1. The highest BCUT2D eigenvalue weighted by Gasteiger charge is 2.29. The molecule has 0 unspecified atom stereocenters. The molecule has 5 nitrogen and oxygen atoms in total. The van der Waals surface area contributed by atoms with Crippen LogP contribution in [-0.4, -0.2) is 41.9 Å². The second-order valence-corrected chi connectivity index (χ2v) is 2.07. The van der Waals surface area contributed by atoms with E-state index in [1.807, 2.05) is 0 Å². The van der Waals surface area contributed by atoms with Crippen LogP contribution in [0.1, 0.15) is 0 Å². The molecule has 0 spiro atoms. The van der Waals surface area contributed by atoms with Crippen LogP contribution < -0.4 is 5.73 Å². The molecular weight excluding hydrogens is 136 g/mol. The number of hydrogen-bond donors (Lipinski definition) is 2. The van der Waals surface area contributed by atoms with Gasteiger partial charge in [-0.15, -0.1) is 0 Å². The zero-order chi connectivity index (χ0) is 7.56. The predicted molar refractivity (Wildman–Crippen MR) is 32.7 cm³/mol. The van der Waals surface area contributed by atoms with Crippen LogP contribution in [0.3, 0.4) is 0 Å². The highest BCUT2D eigenvalue weighted by Crippen LogP contribution is 2.03. The van der Waals surface area contributed by atoms with Gasteiger partial charge in [-0.25, -0.2) is 5.06 Å². The van der Waals surface area contributed by atoms with Crippen LogP contribution in [0.2, 0.25) is 0 Å². The molecule has 1 aliphatic rings. The summed E-state index contributed by atoms with van der Waals surface area (Å²) in [5.74, 6) is -0.256. The van der Waals surface area contributed by atoms with Crippen molar-refractivity contribution in [1.29, 1.82) is 0 Å². The van der Waals surface area contributed by atoms with Gasteiger partial charge in [0.25, 0.3) is 5.91 Å². The summed E-state index contributed by atoms with van der Waals surface area (Å²) < 4.78 is 0. The Kier molecular flexibility index (Phi) is 2.21. The maximum absolute atomic E-state index is 10.9. The molecule has 1 aliphatic heterocycles. The van der Waals surface area contributed by atoms with Crippen molar-refractivity contribution in [3.05, 3.63) is 0 Å². The van der Waals surface area contributed by atoms with Crippen molar-refractivity contribution in [3.8, 4) is 0 Å². The van der Waals surface area contributed by atoms with E-state index in [0.29, 0.717) is 0 Å². The number of aliphatic hydroxyl groups is 1. The number of amides is 1. The van der Waals surface area contributed by atoms with Gasteiger partial charge in [-0.3, -0.25) is 9.63 Å². The van der Waals surface area contributed by atoms with Gasteiger partial charge in [0.2, 0.25) is 0 Å². The first-order chi connectivity index (χ1) is 4.75. The zero-order valence-electron chi connectivity index (χ0n) is 5.49. The molecule has 0 aromatic heterocycles. The van der Waals surface area contributed by atoms with Crippen molar-refractivity contribution < 1.29 is 14.7 Å². The van der Waals surface area contributed by atoms with E-state index in [9.17, 15) is 4.79 Å². The monoisotopic (exact) mass is 146 g/mol. The van der Waals surface area contributed by atoms with Gasteiger partial charge < -0.3 is 10.8 Å². The van der Waals surface area contributed by atoms with Crippen molar-refractivity contribution in [2.45, 2.75) is 6.04 Å². The quantitative estimate of drug-likeness (QED) is 0.476.